The molecule has 0 radical (unpaired) electrons. The number of rotatable bonds is 2. The van der Waals surface area contributed by atoms with E-state index in [4.69, 9.17) is 5.73 Å². The summed E-state index contributed by atoms with van der Waals surface area (Å²) < 4.78 is 2.09. The van der Waals surface area contributed by atoms with Gasteiger partial charge in [-0.3, -0.25) is 4.40 Å². The number of hydrogen-bond donors (Lipinski definition) is 2. The number of nitrogens with two attached hydrogens (primary N) is 1. The van der Waals surface area contributed by atoms with E-state index in [9.17, 15) is 0 Å². The third-order valence-electron chi connectivity index (χ3n) is 3.55. The fraction of sp³-hybridized carbons (Fsp3) is 0.462. The van der Waals surface area contributed by atoms with Crippen LogP contribution in [-0.2, 0) is 0 Å². The summed E-state index contributed by atoms with van der Waals surface area (Å²) in [7, 11) is 0. The van der Waals surface area contributed by atoms with Gasteiger partial charge in [0, 0.05) is 24.5 Å². The number of nitrogens with zero attached hydrogens (tertiary/aromatic N) is 2. The quantitative estimate of drug-likeness (QED) is 0.829. The summed E-state index contributed by atoms with van der Waals surface area (Å²) in [5.41, 5.74) is 6.91. The van der Waals surface area contributed by atoms with Crippen LogP contribution in [0.25, 0.3) is 5.65 Å². The van der Waals surface area contributed by atoms with E-state index in [1.165, 1.54) is 0 Å². The maximum Gasteiger partial charge on any atom is 0.138 e. The van der Waals surface area contributed by atoms with E-state index in [0.717, 1.165) is 37.1 Å². The second-order valence-corrected chi connectivity index (χ2v) is 4.82. The zero-order valence-corrected chi connectivity index (χ0v) is 9.84. The first kappa shape index (κ1) is 10.6. The average Bonchev–Trinajstić information content (AvgIpc) is 2.81. The Morgan fingerprint density at radius 1 is 1.24 bits per heavy atom. The Labute approximate surface area is 101 Å². The molecule has 1 aliphatic carbocycles. The van der Waals surface area contributed by atoms with Crippen LogP contribution in [0.3, 0.4) is 0 Å². The molecule has 1 saturated carbocycles. The van der Waals surface area contributed by atoms with Gasteiger partial charge in [-0.1, -0.05) is 6.07 Å². The van der Waals surface area contributed by atoms with Crippen LogP contribution in [0.4, 0.5) is 5.82 Å². The van der Waals surface area contributed by atoms with Crippen LogP contribution in [0, 0.1) is 0 Å². The van der Waals surface area contributed by atoms with Crippen LogP contribution in [-0.4, -0.2) is 21.5 Å². The van der Waals surface area contributed by atoms with Crippen molar-refractivity contribution in [3.8, 4) is 0 Å². The number of fused-ring (bicyclic) bond motifs is 1. The molecule has 2 aromatic rings. The Bertz CT molecular complexity index is 497. The minimum Gasteiger partial charge on any atom is -0.368 e. The fourth-order valence-corrected chi connectivity index (χ4v) is 2.54. The molecule has 2 aromatic heterocycles. The molecule has 0 aromatic carbocycles. The topological polar surface area (TPSA) is 55.3 Å². The van der Waals surface area contributed by atoms with Crippen molar-refractivity contribution in [3.05, 3.63) is 30.6 Å². The molecule has 0 aliphatic heterocycles. The molecule has 4 heteroatoms. The van der Waals surface area contributed by atoms with Gasteiger partial charge in [-0.15, -0.1) is 0 Å². The van der Waals surface area contributed by atoms with Crippen LogP contribution >= 0.6 is 0 Å². The van der Waals surface area contributed by atoms with Gasteiger partial charge < -0.3 is 11.1 Å². The molecule has 0 atom stereocenters. The first-order valence-corrected chi connectivity index (χ1v) is 6.27. The maximum atomic E-state index is 5.92. The largest absolute Gasteiger partial charge is 0.368 e. The minimum atomic E-state index is 0.400. The summed E-state index contributed by atoms with van der Waals surface area (Å²) in [4.78, 5) is 4.29. The van der Waals surface area contributed by atoms with Gasteiger partial charge in [0.05, 0.1) is 0 Å². The first-order valence-electron chi connectivity index (χ1n) is 6.27. The molecule has 0 unspecified atom stereocenters. The lowest BCUT2D eigenvalue weighted by Gasteiger charge is -2.27. The molecule has 2 heterocycles. The number of anilines is 1. The Morgan fingerprint density at radius 2 is 2.06 bits per heavy atom. The Kier molecular flexibility index (Phi) is 2.73. The molecule has 1 fully saturated rings. The van der Waals surface area contributed by atoms with Gasteiger partial charge in [0.25, 0.3) is 0 Å². The maximum absolute atomic E-state index is 5.92. The van der Waals surface area contributed by atoms with Gasteiger partial charge in [-0.2, -0.15) is 0 Å². The summed E-state index contributed by atoms with van der Waals surface area (Å²) in [5, 5.41) is 3.60. The van der Waals surface area contributed by atoms with Crippen molar-refractivity contribution in [3.63, 3.8) is 0 Å². The number of aromatic nitrogens is 2. The highest BCUT2D eigenvalue weighted by Gasteiger charge is 2.18. The Hall–Kier alpha value is -1.55. The van der Waals surface area contributed by atoms with E-state index in [1.54, 1.807) is 0 Å². The van der Waals surface area contributed by atoms with E-state index in [0.29, 0.717) is 12.1 Å². The summed E-state index contributed by atoms with van der Waals surface area (Å²) in [6, 6.07) is 7.10. The van der Waals surface area contributed by atoms with Gasteiger partial charge in [-0.25, -0.2) is 4.98 Å². The molecule has 1 aliphatic rings. The number of nitrogens with one attached hydrogen (secondary N) is 1. The van der Waals surface area contributed by atoms with Crippen LogP contribution < -0.4 is 11.1 Å². The molecule has 0 saturated heterocycles. The molecule has 3 rings (SSSR count). The molecule has 0 bridgehead atoms. The van der Waals surface area contributed by atoms with E-state index in [2.05, 4.69) is 20.8 Å². The van der Waals surface area contributed by atoms with Gasteiger partial charge in [0.15, 0.2) is 0 Å². The summed E-state index contributed by atoms with van der Waals surface area (Å²) in [5.74, 6) is 1.13. The molecule has 0 spiro atoms. The predicted molar refractivity (Wildman–Crippen MR) is 69.0 cm³/mol. The smallest absolute Gasteiger partial charge is 0.138 e. The van der Waals surface area contributed by atoms with Crippen molar-refractivity contribution in [2.45, 2.75) is 37.8 Å². The second kappa shape index (κ2) is 4.37. The number of hydrogen-bond acceptors (Lipinski definition) is 3. The first-order chi connectivity index (χ1) is 8.33. The fourth-order valence-electron chi connectivity index (χ4n) is 2.54. The SMILES string of the molecule is NC1CCC(Nc2cccc3nccn23)CC1. The van der Waals surface area contributed by atoms with Crippen LogP contribution in [0.2, 0.25) is 0 Å². The number of pyridine rings is 1. The van der Waals surface area contributed by atoms with Crippen molar-refractivity contribution in [2.24, 2.45) is 5.73 Å². The van der Waals surface area contributed by atoms with Gasteiger partial charge >= 0.3 is 0 Å². The molecular formula is C13H18N4. The standard InChI is InChI=1S/C13H18N4/c14-10-4-6-11(7-5-10)16-13-3-1-2-12-15-8-9-17(12)13/h1-3,8-11,16H,4-7,14H2. The highest BCUT2D eigenvalue weighted by Crippen LogP contribution is 2.21. The summed E-state index contributed by atoms with van der Waals surface area (Å²) in [6.45, 7) is 0. The van der Waals surface area contributed by atoms with Crippen molar-refractivity contribution in [1.82, 2.24) is 9.38 Å². The van der Waals surface area contributed by atoms with Gasteiger partial charge in [-0.05, 0) is 37.8 Å². The lowest BCUT2D eigenvalue weighted by atomic mass is 9.92. The van der Waals surface area contributed by atoms with Gasteiger partial charge in [0.2, 0.25) is 0 Å². The Morgan fingerprint density at radius 3 is 2.88 bits per heavy atom. The van der Waals surface area contributed by atoms with Crippen LogP contribution in [0.5, 0.6) is 0 Å². The van der Waals surface area contributed by atoms with E-state index < -0.39 is 0 Å². The minimum absolute atomic E-state index is 0.400. The normalized spacial score (nSPS) is 25.0. The Balaban J connectivity index is 1.78. The molecule has 3 N–H and O–H groups in total. The molecule has 17 heavy (non-hydrogen) atoms. The highest BCUT2D eigenvalue weighted by atomic mass is 15.1. The number of imidazole rings is 1. The predicted octanol–water partition coefficient (Wildman–Crippen LogP) is 2.02. The zero-order chi connectivity index (χ0) is 11.7. The lowest BCUT2D eigenvalue weighted by Crippen LogP contribution is -2.33. The molecule has 4 nitrogen and oxygen atoms in total. The van der Waals surface area contributed by atoms with Gasteiger partial charge in [0.1, 0.15) is 11.5 Å². The van der Waals surface area contributed by atoms with Crippen LogP contribution in [0.1, 0.15) is 25.7 Å². The molecular weight excluding hydrogens is 212 g/mol. The highest BCUT2D eigenvalue weighted by molar-refractivity contribution is 5.50. The van der Waals surface area contributed by atoms with Crippen molar-refractivity contribution in [2.75, 3.05) is 5.32 Å². The monoisotopic (exact) mass is 230 g/mol. The second-order valence-electron chi connectivity index (χ2n) is 4.82. The van der Waals surface area contributed by atoms with Crippen molar-refractivity contribution in [1.29, 1.82) is 0 Å². The average molecular weight is 230 g/mol. The third-order valence-corrected chi connectivity index (χ3v) is 3.55. The summed E-state index contributed by atoms with van der Waals surface area (Å²) in [6.07, 6.45) is 8.39. The van der Waals surface area contributed by atoms with E-state index >= 15 is 0 Å². The third kappa shape index (κ3) is 2.13. The van der Waals surface area contributed by atoms with Crippen molar-refractivity contribution < 1.29 is 0 Å². The lowest BCUT2D eigenvalue weighted by molar-refractivity contribution is 0.410. The molecule has 0 amide bonds. The summed E-state index contributed by atoms with van der Waals surface area (Å²) >= 11 is 0. The zero-order valence-electron chi connectivity index (χ0n) is 9.84. The van der Waals surface area contributed by atoms with Crippen molar-refractivity contribution >= 4 is 11.5 Å². The van der Waals surface area contributed by atoms with E-state index in [-0.39, 0.29) is 0 Å². The van der Waals surface area contributed by atoms with Crippen LogP contribution in [0.15, 0.2) is 30.6 Å². The molecule has 90 valence electrons. The van der Waals surface area contributed by atoms with E-state index in [1.807, 2.05) is 24.5 Å².